The van der Waals surface area contributed by atoms with Crippen LogP contribution in [0, 0.1) is 0 Å². The Morgan fingerprint density at radius 2 is 1.75 bits per heavy atom. The maximum Gasteiger partial charge on any atom is 0.253 e. The van der Waals surface area contributed by atoms with E-state index in [1.807, 2.05) is 48.5 Å². The van der Waals surface area contributed by atoms with E-state index in [1.54, 1.807) is 43.3 Å². The van der Waals surface area contributed by atoms with Crippen molar-refractivity contribution in [2.24, 2.45) is 0 Å². The van der Waals surface area contributed by atoms with Gasteiger partial charge in [-0.1, -0.05) is 36.4 Å². The predicted octanol–water partition coefficient (Wildman–Crippen LogP) is 3.52. The van der Waals surface area contributed by atoms with Crippen LogP contribution in [0.3, 0.4) is 0 Å². The van der Waals surface area contributed by atoms with Gasteiger partial charge in [-0.25, -0.2) is 4.68 Å². The standard InChI is InChI=1S/C24H23N5O3/c1-28(24(30)20-9-11-21(12-10-20)29-17-25-26-27-29)15-19-8-13-22(23(14-19)31-2)32-16-18-6-4-3-5-7-18/h3-14,17H,15-16H2,1-2H3. The summed E-state index contributed by atoms with van der Waals surface area (Å²) in [5, 5.41) is 11.1. The average molecular weight is 429 g/mol. The van der Waals surface area contributed by atoms with Crippen molar-refractivity contribution >= 4 is 5.91 Å². The molecule has 0 fully saturated rings. The molecule has 0 saturated carbocycles. The number of nitrogens with zero attached hydrogens (tertiary/aromatic N) is 5. The Labute approximate surface area is 186 Å². The summed E-state index contributed by atoms with van der Waals surface area (Å²) in [5.41, 5.74) is 3.38. The molecule has 0 aliphatic rings. The first-order valence-corrected chi connectivity index (χ1v) is 10.1. The molecule has 4 aromatic rings. The lowest BCUT2D eigenvalue weighted by atomic mass is 10.1. The van der Waals surface area contributed by atoms with E-state index in [4.69, 9.17) is 9.47 Å². The molecule has 1 heterocycles. The molecular formula is C24H23N5O3. The van der Waals surface area contributed by atoms with Crippen LogP contribution in [0.25, 0.3) is 5.69 Å². The average Bonchev–Trinajstić information content (AvgIpc) is 3.38. The molecule has 32 heavy (non-hydrogen) atoms. The number of rotatable bonds is 8. The van der Waals surface area contributed by atoms with E-state index in [0.717, 1.165) is 16.8 Å². The lowest BCUT2D eigenvalue weighted by molar-refractivity contribution is 0.0785. The summed E-state index contributed by atoms with van der Waals surface area (Å²) in [4.78, 5) is 14.5. The number of hydrogen-bond acceptors (Lipinski definition) is 6. The van der Waals surface area contributed by atoms with Crippen molar-refractivity contribution in [1.82, 2.24) is 25.1 Å². The van der Waals surface area contributed by atoms with Gasteiger partial charge in [0, 0.05) is 19.2 Å². The van der Waals surface area contributed by atoms with E-state index < -0.39 is 0 Å². The van der Waals surface area contributed by atoms with E-state index in [0.29, 0.717) is 30.2 Å². The maximum absolute atomic E-state index is 12.9. The Hall–Kier alpha value is -4.20. The van der Waals surface area contributed by atoms with Crippen molar-refractivity contribution < 1.29 is 14.3 Å². The van der Waals surface area contributed by atoms with E-state index in [2.05, 4.69) is 15.5 Å². The Morgan fingerprint density at radius 3 is 2.44 bits per heavy atom. The van der Waals surface area contributed by atoms with Crippen molar-refractivity contribution in [2.45, 2.75) is 13.2 Å². The minimum absolute atomic E-state index is 0.0864. The van der Waals surface area contributed by atoms with E-state index in [-0.39, 0.29) is 5.91 Å². The van der Waals surface area contributed by atoms with Gasteiger partial charge in [0.1, 0.15) is 12.9 Å². The largest absolute Gasteiger partial charge is 0.493 e. The number of aromatic nitrogens is 4. The van der Waals surface area contributed by atoms with Crippen LogP contribution in [0.2, 0.25) is 0 Å². The predicted molar refractivity (Wildman–Crippen MR) is 119 cm³/mol. The van der Waals surface area contributed by atoms with Gasteiger partial charge in [0.15, 0.2) is 11.5 Å². The fourth-order valence-electron chi connectivity index (χ4n) is 3.27. The molecule has 8 nitrogen and oxygen atoms in total. The molecule has 162 valence electrons. The molecule has 0 bridgehead atoms. The van der Waals surface area contributed by atoms with Crippen molar-refractivity contribution in [2.75, 3.05) is 14.2 Å². The quantitative estimate of drug-likeness (QED) is 0.426. The van der Waals surface area contributed by atoms with Crippen LogP contribution in [0.15, 0.2) is 79.1 Å². The third-order valence-electron chi connectivity index (χ3n) is 4.96. The number of hydrogen-bond donors (Lipinski definition) is 0. The highest BCUT2D eigenvalue weighted by molar-refractivity contribution is 5.94. The number of benzene rings is 3. The molecule has 0 N–H and O–H groups in total. The Balaban J connectivity index is 1.40. The van der Waals surface area contributed by atoms with Crippen LogP contribution in [0.1, 0.15) is 21.5 Å². The third kappa shape index (κ3) is 4.92. The number of amides is 1. The van der Waals surface area contributed by atoms with Gasteiger partial charge in [0.25, 0.3) is 5.91 Å². The van der Waals surface area contributed by atoms with E-state index in [1.165, 1.54) is 11.0 Å². The molecular weight excluding hydrogens is 406 g/mol. The molecule has 0 atom stereocenters. The monoisotopic (exact) mass is 429 g/mol. The number of tetrazole rings is 1. The smallest absolute Gasteiger partial charge is 0.253 e. The van der Waals surface area contributed by atoms with Crippen LogP contribution in [0.4, 0.5) is 0 Å². The van der Waals surface area contributed by atoms with Crippen molar-refractivity contribution in [3.63, 3.8) is 0 Å². The van der Waals surface area contributed by atoms with Gasteiger partial charge in [-0.05, 0) is 58.0 Å². The molecule has 8 heteroatoms. The van der Waals surface area contributed by atoms with Crippen LogP contribution in [-0.2, 0) is 13.2 Å². The van der Waals surface area contributed by atoms with Gasteiger partial charge in [0.05, 0.1) is 12.8 Å². The summed E-state index contributed by atoms with van der Waals surface area (Å²) in [6.45, 7) is 0.887. The molecule has 0 aliphatic heterocycles. The Bertz CT molecular complexity index is 1160. The molecule has 0 radical (unpaired) electrons. The lowest BCUT2D eigenvalue weighted by Crippen LogP contribution is -2.26. The van der Waals surface area contributed by atoms with Crippen LogP contribution in [0.5, 0.6) is 11.5 Å². The summed E-state index contributed by atoms with van der Waals surface area (Å²) >= 11 is 0. The Morgan fingerprint density at radius 1 is 0.969 bits per heavy atom. The zero-order valence-corrected chi connectivity index (χ0v) is 17.9. The summed E-state index contributed by atoms with van der Waals surface area (Å²) < 4.78 is 12.9. The molecule has 1 amide bonds. The first kappa shape index (κ1) is 21.0. The molecule has 0 spiro atoms. The fraction of sp³-hybridized carbons (Fsp3) is 0.167. The van der Waals surface area contributed by atoms with Crippen LogP contribution in [-0.4, -0.2) is 45.2 Å². The van der Waals surface area contributed by atoms with Gasteiger partial charge in [0.2, 0.25) is 0 Å². The van der Waals surface area contributed by atoms with Gasteiger partial charge >= 0.3 is 0 Å². The van der Waals surface area contributed by atoms with Crippen molar-refractivity contribution in [1.29, 1.82) is 0 Å². The van der Waals surface area contributed by atoms with E-state index >= 15 is 0 Å². The highest BCUT2D eigenvalue weighted by atomic mass is 16.5. The van der Waals surface area contributed by atoms with Crippen molar-refractivity contribution in [3.05, 3.63) is 95.8 Å². The second-order valence-electron chi connectivity index (χ2n) is 7.22. The minimum Gasteiger partial charge on any atom is -0.493 e. The fourth-order valence-corrected chi connectivity index (χ4v) is 3.27. The zero-order chi connectivity index (χ0) is 22.3. The molecule has 3 aromatic carbocycles. The van der Waals surface area contributed by atoms with Crippen LogP contribution >= 0.6 is 0 Å². The number of ether oxygens (including phenoxy) is 2. The molecule has 0 aliphatic carbocycles. The summed E-state index contributed by atoms with van der Waals surface area (Å²) in [7, 11) is 3.37. The maximum atomic E-state index is 12.9. The van der Waals surface area contributed by atoms with Gasteiger partial charge in [-0.2, -0.15) is 0 Å². The summed E-state index contributed by atoms with van der Waals surface area (Å²) in [5.74, 6) is 1.20. The number of carbonyl (C=O) groups is 1. The normalized spacial score (nSPS) is 10.6. The highest BCUT2D eigenvalue weighted by Gasteiger charge is 2.14. The Kier molecular flexibility index (Phi) is 6.41. The molecule has 1 aromatic heterocycles. The van der Waals surface area contributed by atoms with Gasteiger partial charge < -0.3 is 14.4 Å². The third-order valence-corrected chi connectivity index (χ3v) is 4.96. The molecule has 0 unspecified atom stereocenters. The SMILES string of the molecule is COc1cc(CN(C)C(=O)c2ccc(-n3cnnn3)cc2)ccc1OCc1ccccc1. The minimum atomic E-state index is -0.0864. The topological polar surface area (TPSA) is 82.4 Å². The van der Waals surface area contributed by atoms with Gasteiger partial charge in [-0.3, -0.25) is 4.79 Å². The number of carbonyl (C=O) groups excluding carboxylic acids is 1. The molecule has 0 saturated heterocycles. The first-order valence-electron chi connectivity index (χ1n) is 10.1. The number of methoxy groups -OCH3 is 1. The van der Waals surface area contributed by atoms with Gasteiger partial charge in [-0.15, -0.1) is 5.10 Å². The van der Waals surface area contributed by atoms with E-state index in [9.17, 15) is 4.79 Å². The van der Waals surface area contributed by atoms with Crippen molar-refractivity contribution in [3.8, 4) is 17.2 Å². The molecule has 4 rings (SSSR count). The second-order valence-corrected chi connectivity index (χ2v) is 7.22. The first-order chi connectivity index (χ1) is 15.6. The lowest BCUT2D eigenvalue weighted by Gasteiger charge is -2.19. The highest BCUT2D eigenvalue weighted by Crippen LogP contribution is 2.29. The zero-order valence-electron chi connectivity index (χ0n) is 17.9. The second kappa shape index (κ2) is 9.74. The summed E-state index contributed by atoms with van der Waals surface area (Å²) in [6.07, 6.45) is 1.50. The summed E-state index contributed by atoms with van der Waals surface area (Å²) in [6, 6.07) is 22.8. The van der Waals surface area contributed by atoms with Crippen LogP contribution < -0.4 is 9.47 Å².